The lowest BCUT2D eigenvalue weighted by molar-refractivity contribution is 1.01. The van der Waals surface area contributed by atoms with Crippen molar-refractivity contribution in [1.82, 2.24) is 0 Å². The standard InChI is InChI=1S/C21H15NS3/c1-3-7-18-16(5-1)11-20(24-18)22(13-15-9-10-23-14-15)21-12-17-6-2-4-8-19(17)25-21/h1-12,14H,13H2. The molecule has 0 unspecified atom stereocenters. The van der Waals surface area contributed by atoms with Gasteiger partial charge in [0, 0.05) is 9.40 Å². The highest BCUT2D eigenvalue weighted by molar-refractivity contribution is 7.25. The highest BCUT2D eigenvalue weighted by atomic mass is 32.1. The van der Waals surface area contributed by atoms with E-state index in [2.05, 4.69) is 82.4 Å². The molecule has 5 rings (SSSR count). The van der Waals surface area contributed by atoms with Crippen molar-refractivity contribution in [2.24, 2.45) is 0 Å². The zero-order chi connectivity index (χ0) is 16.6. The second-order valence-corrected chi connectivity index (χ2v) is 8.87. The number of anilines is 2. The number of fused-ring (bicyclic) bond motifs is 2. The molecule has 2 aromatic carbocycles. The molecule has 0 radical (unpaired) electrons. The van der Waals surface area contributed by atoms with E-state index in [0.29, 0.717) is 0 Å². The predicted octanol–water partition coefficient (Wildman–Crippen LogP) is 7.52. The first-order chi connectivity index (χ1) is 12.4. The largest absolute Gasteiger partial charge is 0.320 e. The van der Waals surface area contributed by atoms with Crippen molar-refractivity contribution in [3.05, 3.63) is 83.1 Å². The minimum atomic E-state index is 0.906. The lowest BCUT2D eigenvalue weighted by Crippen LogP contribution is -2.13. The summed E-state index contributed by atoms with van der Waals surface area (Å²) in [5, 5.41) is 9.65. The van der Waals surface area contributed by atoms with Gasteiger partial charge >= 0.3 is 0 Å². The molecule has 25 heavy (non-hydrogen) atoms. The van der Waals surface area contributed by atoms with E-state index in [4.69, 9.17) is 0 Å². The number of hydrogen-bond donors (Lipinski definition) is 0. The minimum absolute atomic E-state index is 0.906. The van der Waals surface area contributed by atoms with E-state index < -0.39 is 0 Å². The second kappa shape index (κ2) is 6.30. The fourth-order valence-corrected chi connectivity index (χ4v) is 5.90. The van der Waals surface area contributed by atoms with Gasteiger partial charge in [0.25, 0.3) is 0 Å². The van der Waals surface area contributed by atoms with Gasteiger partial charge in [0.2, 0.25) is 0 Å². The quantitative estimate of drug-likeness (QED) is 0.313. The van der Waals surface area contributed by atoms with Crippen molar-refractivity contribution in [2.45, 2.75) is 6.54 Å². The highest BCUT2D eigenvalue weighted by Gasteiger charge is 2.16. The summed E-state index contributed by atoms with van der Waals surface area (Å²) in [6.45, 7) is 0.906. The Labute approximate surface area is 158 Å². The van der Waals surface area contributed by atoms with Gasteiger partial charge in [-0.1, -0.05) is 36.4 Å². The molecule has 0 aliphatic carbocycles. The van der Waals surface area contributed by atoms with Crippen LogP contribution in [0, 0.1) is 0 Å². The molecule has 4 heteroatoms. The molecule has 0 aliphatic heterocycles. The number of nitrogens with zero attached hydrogens (tertiary/aromatic N) is 1. The molecular weight excluding hydrogens is 362 g/mol. The molecule has 5 aromatic rings. The van der Waals surface area contributed by atoms with Crippen LogP contribution in [-0.4, -0.2) is 0 Å². The summed E-state index contributed by atoms with van der Waals surface area (Å²) in [5.41, 5.74) is 1.36. The summed E-state index contributed by atoms with van der Waals surface area (Å²) in [7, 11) is 0. The Morgan fingerprint density at radius 1 is 0.720 bits per heavy atom. The highest BCUT2D eigenvalue weighted by Crippen LogP contribution is 2.42. The van der Waals surface area contributed by atoms with E-state index in [1.165, 1.54) is 35.7 Å². The van der Waals surface area contributed by atoms with Crippen LogP contribution in [0.5, 0.6) is 0 Å². The van der Waals surface area contributed by atoms with Crippen molar-refractivity contribution < 1.29 is 0 Å². The van der Waals surface area contributed by atoms with Gasteiger partial charge in [-0.25, -0.2) is 0 Å². The molecule has 122 valence electrons. The SMILES string of the molecule is c1ccc2sc(N(Cc3ccsc3)c3cc4ccccc4s3)cc2c1. The minimum Gasteiger partial charge on any atom is -0.320 e. The van der Waals surface area contributed by atoms with Crippen LogP contribution >= 0.6 is 34.0 Å². The Morgan fingerprint density at radius 2 is 1.32 bits per heavy atom. The maximum atomic E-state index is 2.46. The Hall–Kier alpha value is -2.14. The molecule has 0 N–H and O–H groups in total. The molecule has 0 fully saturated rings. The van der Waals surface area contributed by atoms with Crippen LogP contribution in [0.3, 0.4) is 0 Å². The third kappa shape index (κ3) is 2.86. The molecular formula is C21H15NS3. The van der Waals surface area contributed by atoms with Crippen LogP contribution in [0.25, 0.3) is 20.2 Å². The van der Waals surface area contributed by atoms with Crippen molar-refractivity contribution >= 4 is 64.2 Å². The summed E-state index contributed by atoms with van der Waals surface area (Å²) >= 11 is 5.50. The summed E-state index contributed by atoms with van der Waals surface area (Å²) < 4.78 is 2.68. The zero-order valence-electron chi connectivity index (χ0n) is 13.4. The maximum absolute atomic E-state index is 2.46. The van der Waals surface area contributed by atoms with Gasteiger partial charge in [0.05, 0.1) is 16.5 Å². The van der Waals surface area contributed by atoms with Gasteiger partial charge < -0.3 is 4.90 Å². The van der Waals surface area contributed by atoms with Gasteiger partial charge in [-0.3, -0.25) is 0 Å². The topological polar surface area (TPSA) is 3.24 Å². The van der Waals surface area contributed by atoms with Crippen LogP contribution in [0.1, 0.15) is 5.56 Å². The lowest BCUT2D eigenvalue weighted by atomic mass is 10.2. The predicted molar refractivity (Wildman–Crippen MR) is 114 cm³/mol. The molecule has 0 aliphatic rings. The van der Waals surface area contributed by atoms with E-state index in [1.807, 2.05) is 22.7 Å². The van der Waals surface area contributed by atoms with Crippen LogP contribution in [-0.2, 0) is 6.54 Å². The van der Waals surface area contributed by atoms with Gasteiger partial charge in [0.15, 0.2) is 0 Å². The average Bonchev–Trinajstić information content (AvgIpc) is 3.37. The van der Waals surface area contributed by atoms with E-state index in [9.17, 15) is 0 Å². The third-order valence-corrected chi connectivity index (χ3v) is 7.29. The second-order valence-electron chi connectivity index (χ2n) is 5.96. The van der Waals surface area contributed by atoms with Crippen molar-refractivity contribution in [3.8, 4) is 0 Å². The number of hydrogen-bond acceptors (Lipinski definition) is 4. The molecule has 0 atom stereocenters. The molecule has 0 saturated carbocycles. The van der Waals surface area contributed by atoms with E-state index in [1.54, 1.807) is 11.3 Å². The summed E-state index contributed by atoms with van der Waals surface area (Å²) in [6, 6.07) is 24.1. The summed E-state index contributed by atoms with van der Waals surface area (Å²) in [5.74, 6) is 0. The van der Waals surface area contributed by atoms with Crippen molar-refractivity contribution in [2.75, 3.05) is 4.90 Å². The first kappa shape index (κ1) is 15.1. The maximum Gasteiger partial charge on any atom is 0.0974 e. The fraction of sp³-hybridized carbons (Fsp3) is 0.0476. The average molecular weight is 378 g/mol. The van der Waals surface area contributed by atoms with Crippen molar-refractivity contribution in [3.63, 3.8) is 0 Å². The first-order valence-corrected chi connectivity index (χ1v) is 10.7. The Morgan fingerprint density at radius 3 is 1.84 bits per heavy atom. The number of benzene rings is 2. The zero-order valence-corrected chi connectivity index (χ0v) is 15.8. The van der Waals surface area contributed by atoms with E-state index in [-0.39, 0.29) is 0 Å². The lowest BCUT2D eigenvalue weighted by Gasteiger charge is -2.20. The number of thiophene rings is 3. The fourth-order valence-electron chi connectivity index (χ4n) is 3.03. The van der Waals surface area contributed by atoms with Crippen LogP contribution < -0.4 is 4.90 Å². The third-order valence-electron chi connectivity index (χ3n) is 4.28. The van der Waals surface area contributed by atoms with E-state index >= 15 is 0 Å². The van der Waals surface area contributed by atoms with Crippen LogP contribution in [0.2, 0.25) is 0 Å². The Kier molecular flexibility index (Phi) is 3.82. The monoisotopic (exact) mass is 377 g/mol. The molecule has 0 spiro atoms. The summed E-state index contributed by atoms with van der Waals surface area (Å²) in [4.78, 5) is 2.46. The Balaban J connectivity index is 1.64. The van der Waals surface area contributed by atoms with Gasteiger partial charge in [0.1, 0.15) is 0 Å². The van der Waals surface area contributed by atoms with Gasteiger partial charge in [-0.15, -0.1) is 22.7 Å². The smallest absolute Gasteiger partial charge is 0.0974 e. The van der Waals surface area contributed by atoms with Crippen LogP contribution in [0.4, 0.5) is 10.0 Å². The summed E-state index contributed by atoms with van der Waals surface area (Å²) in [6.07, 6.45) is 0. The molecule has 1 nitrogen and oxygen atoms in total. The molecule has 0 saturated heterocycles. The van der Waals surface area contributed by atoms with Crippen molar-refractivity contribution in [1.29, 1.82) is 0 Å². The molecule has 3 heterocycles. The van der Waals surface area contributed by atoms with E-state index in [0.717, 1.165) is 6.54 Å². The van der Waals surface area contributed by atoms with Gasteiger partial charge in [-0.2, -0.15) is 11.3 Å². The Bertz CT molecular complexity index is 994. The van der Waals surface area contributed by atoms with Crippen LogP contribution in [0.15, 0.2) is 77.5 Å². The molecule has 0 amide bonds. The first-order valence-electron chi connectivity index (χ1n) is 8.12. The normalized spacial score (nSPS) is 11.4. The molecule has 3 aromatic heterocycles. The van der Waals surface area contributed by atoms with Gasteiger partial charge in [-0.05, 0) is 57.4 Å². The molecule has 0 bridgehead atoms. The number of rotatable bonds is 4.